The molecule has 1 unspecified atom stereocenters. The molecule has 3 nitrogen and oxygen atoms in total. The number of aliphatic hydroxyl groups excluding tert-OH is 1. The molecule has 2 aliphatic carbocycles. The summed E-state index contributed by atoms with van der Waals surface area (Å²) in [7, 11) is 0. The first-order chi connectivity index (χ1) is 20.1. The first-order valence-corrected chi connectivity index (χ1v) is 15.4. The topological polar surface area (TPSA) is 54.4 Å². The van der Waals surface area contributed by atoms with Crippen LogP contribution in [0.2, 0.25) is 0 Å². The molecule has 0 aromatic rings. The summed E-state index contributed by atoms with van der Waals surface area (Å²) in [6, 6.07) is 0. The standard InChI is InChI=1S/C40H52O3/c1-27(17-13-19-29(3)21-23-35-31(5)25-32(6)38(42)33(35)7)15-11-12-16-28(2)18-14-20-30(4)22-24-36-34(8)39(43)37(41)26-40(36,9)10/h11-24,31-32,37,41H,25-26H2,1-10H3/b12-11+,17-13+,18-14+,23-21+,24-22+,27-15+,28-16+,29-19+,30-20+/t31-,32-,37?/m0/s1. The predicted octanol–water partition coefficient (Wildman–Crippen LogP) is 9.79. The molecule has 0 radical (unpaired) electrons. The van der Waals surface area contributed by atoms with Gasteiger partial charge in [0.25, 0.3) is 0 Å². The number of ketones is 2. The minimum atomic E-state index is -0.900. The molecule has 3 heteroatoms. The Labute approximate surface area is 260 Å². The number of hydrogen-bond acceptors (Lipinski definition) is 3. The van der Waals surface area contributed by atoms with Crippen LogP contribution in [-0.2, 0) is 9.59 Å². The predicted molar refractivity (Wildman–Crippen MR) is 183 cm³/mol. The van der Waals surface area contributed by atoms with Gasteiger partial charge in [-0.3, -0.25) is 9.59 Å². The second kappa shape index (κ2) is 16.3. The smallest absolute Gasteiger partial charge is 0.187 e. The van der Waals surface area contributed by atoms with E-state index in [2.05, 4.69) is 90.2 Å². The Morgan fingerprint density at radius 1 is 0.674 bits per heavy atom. The molecule has 0 aromatic carbocycles. The van der Waals surface area contributed by atoms with Gasteiger partial charge in [0.2, 0.25) is 0 Å². The largest absolute Gasteiger partial charge is 0.385 e. The number of carbonyl (C=O) groups is 2. The summed E-state index contributed by atoms with van der Waals surface area (Å²) in [6.45, 7) is 20.4. The van der Waals surface area contributed by atoms with Crippen molar-refractivity contribution in [3.05, 3.63) is 130 Å². The highest BCUT2D eigenvalue weighted by Crippen LogP contribution is 2.39. The molecule has 0 aromatic heterocycles. The van der Waals surface area contributed by atoms with Crippen molar-refractivity contribution in [1.29, 1.82) is 0 Å². The van der Waals surface area contributed by atoms with Gasteiger partial charge in [-0.1, -0.05) is 135 Å². The van der Waals surface area contributed by atoms with E-state index < -0.39 is 6.10 Å². The Hall–Kier alpha value is -3.56. The molecular weight excluding hydrogens is 528 g/mol. The Bertz CT molecular complexity index is 1400. The molecule has 0 bridgehead atoms. The van der Waals surface area contributed by atoms with Crippen LogP contribution >= 0.6 is 0 Å². The van der Waals surface area contributed by atoms with Crippen molar-refractivity contribution < 1.29 is 14.7 Å². The molecule has 2 rings (SSSR count). The molecule has 230 valence electrons. The van der Waals surface area contributed by atoms with Crippen molar-refractivity contribution in [2.45, 2.75) is 88.2 Å². The van der Waals surface area contributed by atoms with E-state index in [-0.39, 0.29) is 22.9 Å². The van der Waals surface area contributed by atoms with Crippen molar-refractivity contribution in [1.82, 2.24) is 0 Å². The third kappa shape index (κ3) is 10.9. The maximum Gasteiger partial charge on any atom is 0.187 e. The van der Waals surface area contributed by atoms with E-state index in [4.69, 9.17) is 0 Å². The van der Waals surface area contributed by atoms with Crippen LogP contribution in [0.5, 0.6) is 0 Å². The SMILES string of the molecule is CC1=C(/C=C/C(C)=C/C=C/C(C)=C/C=C/C=C(C)/C=C/C=C(C)/C=C/C2=C(C)C(=O)C(O)CC2(C)C)[C@@H](C)C[C@H](C)C1=O. The van der Waals surface area contributed by atoms with E-state index in [1.165, 1.54) is 0 Å². The fourth-order valence-electron chi connectivity index (χ4n) is 5.64. The minimum absolute atomic E-state index is 0.126. The van der Waals surface area contributed by atoms with Gasteiger partial charge in [-0.05, 0) is 88.0 Å². The fourth-order valence-corrected chi connectivity index (χ4v) is 5.64. The number of aliphatic hydroxyl groups is 1. The van der Waals surface area contributed by atoms with Crippen LogP contribution in [0.1, 0.15) is 82.1 Å². The highest BCUT2D eigenvalue weighted by Gasteiger charge is 2.36. The van der Waals surface area contributed by atoms with E-state index in [1.54, 1.807) is 6.92 Å². The second-order valence-electron chi connectivity index (χ2n) is 12.9. The zero-order chi connectivity index (χ0) is 32.3. The first kappa shape index (κ1) is 35.6. The lowest BCUT2D eigenvalue weighted by Gasteiger charge is -2.34. The van der Waals surface area contributed by atoms with Gasteiger partial charge < -0.3 is 5.11 Å². The second-order valence-corrected chi connectivity index (χ2v) is 12.9. The lowest BCUT2D eigenvalue weighted by atomic mass is 9.71. The Morgan fingerprint density at radius 2 is 1.14 bits per heavy atom. The maximum absolute atomic E-state index is 12.3. The third-order valence-corrected chi connectivity index (χ3v) is 8.30. The van der Waals surface area contributed by atoms with Crippen LogP contribution in [-0.4, -0.2) is 22.8 Å². The summed E-state index contributed by atoms with van der Waals surface area (Å²) >= 11 is 0. The maximum atomic E-state index is 12.3. The summed E-state index contributed by atoms with van der Waals surface area (Å²) in [4.78, 5) is 24.6. The van der Waals surface area contributed by atoms with E-state index >= 15 is 0 Å². The van der Waals surface area contributed by atoms with Gasteiger partial charge in [0.1, 0.15) is 6.10 Å². The molecule has 1 N–H and O–H groups in total. The lowest BCUT2D eigenvalue weighted by Crippen LogP contribution is -2.35. The molecule has 0 fully saturated rings. The molecule has 0 aliphatic heterocycles. The molecule has 0 amide bonds. The Morgan fingerprint density at radius 3 is 1.67 bits per heavy atom. The molecule has 0 heterocycles. The van der Waals surface area contributed by atoms with Gasteiger partial charge in [-0.2, -0.15) is 0 Å². The van der Waals surface area contributed by atoms with Crippen LogP contribution in [0.25, 0.3) is 0 Å². The van der Waals surface area contributed by atoms with Crippen LogP contribution in [0.15, 0.2) is 130 Å². The molecule has 43 heavy (non-hydrogen) atoms. The van der Waals surface area contributed by atoms with Gasteiger partial charge in [0.05, 0.1) is 0 Å². The quantitative estimate of drug-likeness (QED) is 0.262. The monoisotopic (exact) mass is 580 g/mol. The van der Waals surface area contributed by atoms with Crippen LogP contribution in [0.3, 0.4) is 0 Å². The average Bonchev–Trinajstić information content (AvgIpc) is 2.92. The van der Waals surface area contributed by atoms with E-state index in [0.717, 1.165) is 45.4 Å². The molecule has 3 atom stereocenters. The zero-order valence-electron chi connectivity index (χ0n) is 28.0. The lowest BCUT2D eigenvalue weighted by molar-refractivity contribution is -0.125. The number of carbonyl (C=O) groups excluding carboxylic acids is 2. The van der Waals surface area contributed by atoms with Crippen LogP contribution in [0, 0.1) is 17.3 Å². The summed E-state index contributed by atoms with van der Waals surface area (Å²) in [6.07, 6.45) is 29.3. The van der Waals surface area contributed by atoms with Crippen LogP contribution in [0.4, 0.5) is 0 Å². The zero-order valence-corrected chi connectivity index (χ0v) is 28.0. The highest BCUT2D eigenvalue weighted by atomic mass is 16.3. The normalized spacial score (nSPS) is 25.3. The molecule has 0 saturated heterocycles. The van der Waals surface area contributed by atoms with Crippen molar-refractivity contribution in [3.63, 3.8) is 0 Å². The van der Waals surface area contributed by atoms with Gasteiger partial charge in [-0.15, -0.1) is 0 Å². The van der Waals surface area contributed by atoms with Crippen molar-refractivity contribution >= 4 is 11.6 Å². The van der Waals surface area contributed by atoms with Crippen molar-refractivity contribution in [2.24, 2.45) is 17.3 Å². The molecule has 0 saturated carbocycles. The minimum Gasteiger partial charge on any atom is -0.385 e. The summed E-state index contributed by atoms with van der Waals surface area (Å²) in [5.41, 5.74) is 7.99. The Kier molecular flexibility index (Phi) is 13.5. The average molecular weight is 581 g/mol. The van der Waals surface area contributed by atoms with Gasteiger partial charge in [0, 0.05) is 5.92 Å². The van der Waals surface area contributed by atoms with Crippen LogP contribution < -0.4 is 0 Å². The third-order valence-electron chi connectivity index (χ3n) is 8.30. The summed E-state index contributed by atoms with van der Waals surface area (Å²) in [5, 5.41) is 10.0. The molecular formula is C40H52O3. The van der Waals surface area contributed by atoms with Gasteiger partial charge >= 0.3 is 0 Å². The summed E-state index contributed by atoms with van der Waals surface area (Å²) in [5.74, 6) is 0.645. The van der Waals surface area contributed by atoms with E-state index in [1.807, 2.05) is 57.2 Å². The van der Waals surface area contributed by atoms with Crippen molar-refractivity contribution in [2.75, 3.05) is 0 Å². The van der Waals surface area contributed by atoms with E-state index in [9.17, 15) is 14.7 Å². The number of allylic oxidation sites excluding steroid dienone is 21. The Balaban J connectivity index is 1.93. The molecule has 0 spiro atoms. The summed E-state index contributed by atoms with van der Waals surface area (Å²) < 4.78 is 0. The van der Waals surface area contributed by atoms with Gasteiger partial charge in [-0.25, -0.2) is 0 Å². The number of hydrogen-bond donors (Lipinski definition) is 1. The first-order valence-electron chi connectivity index (χ1n) is 15.4. The van der Waals surface area contributed by atoms with Crippen molar-refractivity contribution in [3.8, 4) is 0 Å². The number of rotatable bonds is 10. The van der Waals surface area contributed by atoms with E-state index in [0.29, 0.717) is 17.9 Å². The highest BCUT2D eigenvalue weighted by molar-refractivity contribution is 6.00. The van der Waals surface area contributed by atoms with Gasteiger partial charge in [0.15, 0.2) is 11.6 Å². The number of Topliss-reactive ketones (excluding diaryl/α,β-unsaturated/α-hetero) is 2. The molecule has 2 aliphatic rings. The fraction of sp³-hybridized carbons (Fsp3) is 0.400.